The zero-order chi connectivity index (χ0) is 25.0. The maximum atomic E-state index is 13.1. The topological polar surface area (TPSA) is 105 Å². The Bertz CT molecular complexity index is 1040. The maximum Gasteiger partial charge on any atom is 0.408 e. The molecule has 35 heavy (non-hydrogen) atoms. The van der Waals surface area contributed by atoms with Gasteiger partial charge in [0, 0.05) is 12.5 Å². The van der Waals surface area contributed by atoms with Gasteiger partial charge in [-0.25, -0.2) is 4.79 Å². The summed E-state index contributed by atoms with van der Waals surface area (Å²) in [7, 11) is 0. The Labute approximate surface area is 206 Å². The minimum Gasteiger partial charge on any atom is -0.481 e. The van der Waals surface area contributed by atoms with E-state index < -0.39 is 23.5 Å². The van der Waals surface area contributed by atoms with Crippen LogP contribution in [0.4, 0.5) is 4.79 Å². The van der Waals surface area contributed by atoms with Gasteiger partial charge in [0.1, 0.15) is 12.1 Å². The third kappa shape index (κ3) is 5.34. The summed E-state index contributed by atoms with van der Waals surface area (Å²) in [6.07, 6.45) is 2.48. The smallest absolute Gasteiger partial charge is 0.408 e. The van der Waals surface area contributed by atoms with E-state index in [0.29, 0.717) is 19.3 Å². The Hall–Kier alpha value is -3.35. The van der Waals surface area contributed by atoms with Crippen molar-refractivity contribution in [2.24, 2.45) is 11.8 Å². The van der Waals surface area contributed by atoms with E-state index in [9.17, 15) is 19.5 Å². The van der Waals surface area contributed by atoms with Crippen LogP contribution in [0.5, 0.6) is 0 Å². The largest absolute Gasteiger partial charge is 0.481 e. The van der Waals surface area contributed by atoms with Gasteiger partial charge in [-0.3, -0.25) is 9.59 Å². The molecule has 1 atom stereocenters. The number of carbonyl (C=O) groups is 3. The molecule has 2 amide bonds. The number of ether oxygens (including phenoxy) is 1. The van der Waals surface area contributed by atoms with Gasteiger partial charge in [-0.05, 0) is 47.4 Å². The van der Waals surface area contributed by atoms with Crippen molar-refractivity contribution in [3.63, 3.8) is 0 Å². The summed E-state index contributed by atoms with van der Waals surface area (Å²) in [5.41, 5.74) is 3.49. The van der Waals surface area contributed by atoms with Crippen LogP contribution in [0.25, 0.3) is 11.1 Å². The molecule has 0 aromatic heterocycles. The highest BCUT2D eigenvalue weighted by atomic mass is 16.5. The van der Waals surface area contributed by atoms with Crippen molar-refractivity contribution in [1.82, 2.24) is 10.6 Å². The quantitative estimate of drug-likeness (QED) is 0.485. The van der Waals surface area contributed by atoms with Crippen LogP contribution in [0.3, 0.4) is 0 Å². The number of alkyl carbamates (subject to hydrolysis) is 1. The van der Waals surface area contributed by atoms with Gasteiger partial charge in [0.2, 0.25) is 5.91 Å². The third-order valence-corrected chi connectivity index (χ3v) is 7.19. The molecule has 4 rings (SSSR count). The molecule has 0 spiro atoms. The predicted molar refractivity (Wildman–Crippen MR) is 133 cm³/mol. The second kappa shape index (κ2) is 10.5. The van der Waals surface area contributed by atoms with Crippen LogP contribution in [0.2, 0.25) is 0 Å². The molecule has 186 valence electrons. The Kier molecular flexibility index (Phi) is 7.43. The van der Waals surface area contributed by atoms with Gasteiger partial charge in [0.05, 0.1) is 5.92 Å². The van der Waals surface area contributed by atoms with Gasteiger partial charge in [-0.1, -0.05) is 75.2 Å². The number of benzene rings is 2. The Morgan fingerprint density at radius 2 is 1.57 bits per heavy atom. The normalized spacial score (nSPS) is 16.9. The van der Waals surface area contributed by atoms with Crippen molar-refractivity contribution >= 4 is 18.0 Å². The first-order chi connectivity index (χ1) is 16.8. The molecule has 0 saturated heterocycles. The lowest BCUT2D eigenvalue weighted by Crippen LogP contribution is -2.58. The van der Waals surface area contributed by atoms with Crippen molar-refractivity contribution in [2.45, 2.75) is 57.4 Å². The number of carbonyl (C=O) groups excluding carboxylic acids is 2. The van der Waals surface area contributed by atoms with Crippen molar-refractivity contribution in [3.05, 3.63) is 59.7 Å². The molecule has 2 aromatic carbocycles. The average molecular weight is 479 g/mol. The molecule has 0 aliphatic heterocycles. The lowest BCUT2D eigenvalue weighted by Gasteiger charge is -2.29. The summed E-state index contributed by atoms with van der Waals surface area (Å²) in [6.45, 7) is 4.12. The minimum absolute atomic E-state index is 0.0421. The first-order valence-corrected chi connectivity index (χ1v) is 12.4. The highest BCUT2D eigenvalue weighted by molar-refractivity contribution is 5.90. The number of carboxylic acids is 1. The van der Waals surface area contributed by atoms with Crippen LogP contribution in [0.1, 0.15) is 63.0 Å². The van der Waals surface area contributed by atoms with E-state index >= 15 is 0 Å². The first kappa shape index (κ1) is 24.8. The fourth-order valence-corrected chi connectivity index (χ4v) is 5.44. The molecular weight excluding hydrogens is 444 g/mol. The van der Waals surface area contributed by atoms with Crippen molar-refractivity contribution in [2.75, 3.05) is 13.2 Å². The maximum absolute atomic E-state index is 13.1. The molecule has 0 bridgehead atoms. The van der Waals surface area contributed by atoms with Gasteiger partial charge >= 0.3 is 12.1 Å². The summed E-state index contributed by atoms with van der Waals surface area (Å²) >= 11 is 0. The molecule has 7 heteroatoms. The van der Waals surface area contributed by atoms with E-state index in [1.807, 2.05) is 38.1 Å². The minimum atomic E-state index is -1.07. The van der Waals surface area contributed by atoms with Crippen LogP contribution in [0, 0.1) is 11.8 Å². The molecule has 2 aliphatic rings. The monoisotopic (exact) mass is 478 g/mol. The number of hydrogen-bond donors (Lipinski definition) is 3. The zero-order valence-electron chi connectivity index (χ0n) is 20.4. The van der Waals surface area contributed by atoms with Crippen molar-refractivity contribution in [1.29, 1.82) is 0 Å². The van der Waals surface area contributed by atoms with Gasteiger partial charge in [-0.2, -0.15) is 0 Å². The molecule has 0 heterocycles. The molecule has 2 aromatic rings. The SMILES string of the molecule is CC(C)CC(CNC(=O)C1(NC(=O)OCC2c3ccccc3-c3ccccc32)CCCC1)C(=O)O. The molecule has 1 saturated carbocycles. The summed E-state index contributed by atoms with van der Waals surface area (Å²) in [5, 5.41) is 15.1. The van der Waals surface area contributed by atoms with E-state index in [-0.39, 0.29) is 30.9 Å². The van der Waals surface area contributed by atoms with Crippen LogP contribution in [-0.4, -0.2) is 41.8 Å². The molecule has 0 radical (unpaired) electrons. The number of carboxylic acid groups (broad SMARTS) is 1. The second-order valence-corrected chi connectivity index (χ2v) is 10.1. The fraction of sp³-hybridized carbons (Fsp3) is 0.464. The summed E-state index contributed by atoms with van der Waals surface area (Å²) < 4.78 is 5.67. The van der Waals surface area contributed by atoms with Crippen LogP contribution in [0.15, 0.2) is 48.5 Å². The number of fused-ring (bicyclic) bond motifs is 3. The summed E-state index contributed by atoms with van der Waals surface area (Å²) in [5.74, 6) is -1.78. The van der Waals surface area contributed by atoms with Crippen molar-refractivity contribution < 1.29 is 24.2 Å². The predicted octanol–water partition coefficient (Wildman–Crippen LogP) is 4.70. The molecule has 1 unspecified atom stereocenters. The van der Waals surface area contributed by atoms with E-state index in [4.69, 9.17) is 4.74 Å². The van der Waals surface area contributed by atoms with Crippen LogP contribution >= 0.6 is 0 Å². The van der Waals surface area contributed by atoms with Crippen LogP contribution in [-0.2, 0) is 14.3 Å². The highest BCUT2D eigenvalue weighted by Gasteiger charge is 2.43. The van der Waals surface area contributed by atoms with E-state index in [1.54, 1.807) is 0 Å². The van der Waals surface area contributed by atoms with Gasteiger partial charge in [-0.15, -0.1) is 0 Å². The Balaban J connectivity index is 1.40. The zero-order valence-corrected chi connectivity index (χ0v) is 20.4. The van der Waals surface area contributed by atoms with E-state index in [2.05, 4.69) is 34.9 Å². The number of aliphatic carboxylic acids is 1. The number of nitrogens with one attached hydrogen (secondary N) is 2. The highest BCUT2D eigenvalue weighted by Crippen LogP contribution is 2.44. The average Bonchev–Trinajstić information content (AvgIpc) is 3.43. The third-order valence-electron chi connectivity index (χ3n) is 7.19. The molecule has 2 aliphatic carbocycles. The lowest BCUT2D eigenvalue weighted by atomic mass is 9.94. The standard InChI is InChI=1S/C28H34N2O5/c1-18(2)15-19(25(31)32)16-29-26(33)28(13-7-8-14-28)30-27(34)35-17-24-22-11-5-3-9-20(22)21-10-4-6-12-23(21)24/h3-6,9-12,18-19,24H,7-8,13-17H2,1-2H3,(H,29,33)(H,30,34)(H,31,32). The second-order valence-electron chi connectivity index (χ2n) is 10.1. The molecular formula is C28H34N2O5. The fourth-order valence-electron chi connectivity index (χ4n) is 5.44. The molecule has 1 fully saturated rings. The van der Waals surface area contributed by atoms with Crippen LogP contribution < -0.4 is 10.6 Å². The van der Waals surface area contributed by atoms with Gasteiger partial charge < -0.3 is 20.5 Å². The lowest BCUT2D eigenvalue weighted by molar-refractivity contribution is -0.142. The summed E-state index contributed by atoms with van der Waals surface area (Å²) in [6, 6.07) is 16.3. The molecule has 7 nitrogen and oxygen atoms in total. The summed E-state index contributed by atoms with van der Waals surface area (Å²) in [4.78, 5) is 37.6. The van der Waals surface area contributed by atoms with Gasteiger partial charge in [0.25, 0.3) is 0 Å². The molecule has 3 N–H and O–H groups in total. The number of rotatable bonds is 9. The van der Waals surface area contributed by atoms with E-state index in [0.717, 1.165) is 35.1 Å². The number of hydrogen-bond acceptors (Lipinski definition) is 4. The van der Waals surface area contributed by atoms with E-state index in [1.165, 1.54) is 0 Å². The Morgan fingerprint density at radius 1 is 1.00 bits per heavy atom. The van der Waals surface area contributed by atoms with Crippen molar-refractivity contribution in [3.8, 4) is 11.1 Å². The Morgan fingerprint density at radius 3 is 2.11 bits per heavy atom. The number of amides is 2. The van der Waals surface area contributed by atoms with Gasteiger partial charge in [0.15, 0.2) is 0 Å². The first-order valence-electron chi connectivity index (χ1n) is 12.4.